The first-order valence-corrected chi connectivity index (χ1v) is 10.3. The third kappa shape index (κ3) is 5.18. The molecule has 0 spiro atoms. The summed E-state index contributed by atoms with van der Waals surface area (Å²) in [5, 5.41) is 12.6. The van der Waals surface area contributed by atoms with Gasteiger partial charge >= 0.3 is 5.97 Å². The average Bonchev–Trinajstić information content (AvgIpc) is 3.22. The first kappa shape index (κ1) is 21.8. The van der Waals surface area contributed by atoms with Crippen LogP contribution >= 0.6 is 11.3 Å². The summed E-state index contributed by atoms with van der Waals surface area (Å²) >= 11 is 1.24. The highest BCUT2D eigenvalue weighted by Crippen LogP contribution is 2.36. The highest BCUT2D eigenvalue weighted by molar-refractivity contribution is 7.20. The largest absolute Gasteiger partial charge is 0.496 e. The molecule has 156 valence electrons. The van der Waals surface area contributed by atoms with E-state index in [-0.39, 0.29) is 17.7 Å². The van der Waals surface area contributed by atoms with Crippen LogP contribution in [0.3, 0.4) is 0 Å². The van der Waals surface area contributed by atoms with Crippen LogP contribution < -0.4 is 10.1 Å². The Kier molecular flexibility index (Phi) is 7.20. The van der Waals surface area contributed by atoms with Gasteiger partial charge in [-0.05, 0) is 30.7 Å². The maximum absolute atomic E-state index is 12.8. The van der Waals surface area contributed by atoms with Crippen molar-refractivity contribution in [3.8, 4) is 22.3 Å². The number of rotatable bonds is 7. The summed E-state index contributed by atoms with van der Waals surface area (Å²) in [6.45, 7) is 1.92. The molecule has 0 fully saturated rings. The molecule has 0 saturated carbocycles. The van der Waals surface area contributed by atoms with E-state index in [1.807, 2.05) is 36.4 Å². The number of para-hydroxylation sites is 1. The second-order valence-corrected chi connectivity index (χ2v) is 7.36. The molecule has 0 bridgehead atoms. The van der Waals surface area contributed by atoms with Crippen molar-refractivity contribution in [3.05, 3.63) is 77.4 Å². The van der Waals surface area contributed by atoms with Crippen molar-refractivity contribution < 1.29 is 19.1 Å². The molecule has 0 saturated heterocycles. The zero-order valence-corrected chi connectivity index (χ0v) is 17.9. The molecule has 0 radical (unpaired) electrons. The van der Waals surface area contributed by atoms with Crippen molar-refractivity contribution >= 4 is 34.3 Å². The van der Waals surface area contributed by atoms with E-state index in [0.717, 1.165) is 10.4 Å². The zero-order valence-electron chi connectivity index (χ0n) is 17.0. The van der Waals surface area contributed by atoms with Crippen LogP contribution in [0, 0.1) is 11.3 Å². The van der Waals surface area contributed by atoms with E-state index < -0.39 is 11.9 Å². The number of carbonyl (C=O) groups excluding carboxylic acids is 2. The smallest absolute Gasteiger partial charge is 0.341 e. The molecule has 1 N–H and O–H groups in total. The fourth-order valence-electron chi connectivity index (χ4n) is 2.85. The lowest BCUT2D eigenvalue weighted by Gasteiger charge is -2.07. The average molecular weight is 433 g/mol. The summed E-state index contributed by atoms with van der Waals surface area (Å²) in [5.41, 5.74) is 1.63. The topological polar surface area (TPSA) is 88.4 Å². The van der Waals surface area contributed by atoms with E-state index in [4.69, 9.17) is 9.47 Å². The molecular weight excluding hydrogens is 412 g/mol. The Morgan fingerprint density at radius 2 is 1.84 bits per heavy atom. The number of nitrogens with one attached hydrogen (secondary N) is 1. The molecule has 1 aromatic heterocycles. The molecule has 3 rings (SSSR count). The van der Waals surface area contributed by atoms with Gasteiger partial charge < -0.3 is 14.8 Å². The Morgan fingerprint density at radius 1 is 1.13 bits per heavy atom. The summed E-state index contributed by atoms with van der Waals surface area (Å²) in [5.74, 6) is -0.624. The number of esters is 1. The molecular formula is C24H20N2O4S. The predicted octanol–water partition coefficient (Wildman–Crippen LogP) is 5.15. The van der Waals surface area contributed by atoms with Crippen molar-refractivity contribution in [3.63, 3.8) is 0 Å². The number of nitrogens with zero attached hydrogens (tertiary/aromatic N) is 1. The van der Waals surface area contributed by atoms with Gasteiger partial charge in [0, 0.05) is 10.4 Å². The van der Waals surface area contributed by atoms with Gasteiger partial charge in [-0.15, -0.1) is 11.3 Å². The first-order valence-electron chi connectivity index (χ1n) is 9.50. The van der Waals surface area contributed by atoms with Crippen LogP contribution in [0.4, 0.5) is 5.00 Å². The molecule has 1 amide bonds. The van der Waals surface area contributed by atoms with Gasteiger partial charge in [0.05, 0.1) is 19.3 Å². The van der Waals surface area contributed by atoms with Gasteiger partial charge in [-0.3, -0.25) is 4.79 Å². The fraction of sp³-hybridized carbons (Fsp3) is 0.125. The van der Waals surface area contributed by atoms with Crippen LogP contribution in [0.5, 0.6) is 5.75 Å². The minimum absolute atomic E-state index is 0.117. The molecule has 2 aromatic carbocycles. The lowest BCUT2D eigenvalue weighted by Crippen LogP contribution is -2.15. The number of methoxy groups -OCH3 is 1. The second kappa shape index (κ2) is 10.2. The zero-order chi connectivity index (χ0) is 22.2. The number of amides is 1. The highest BCUT2D eigenvalue weighted by atomic mass is 32.1. The Morgan fingerprint density at radius 3 is 2.52 bits per heavy atom. The van der Waals surface area contributed by atoms with Gasteiger partial charge in [0.15, 0.2) is 0 Å². The van der Waals surface area contributed by atoms with Crippen molar-refractivity contribution in [1.29, 1.82) is 5.26 Å². The van der Waals surface area contributed by atoms with Crippen LogP contribution in [0.25, 0.3) is 16.5 Å². The molecule has 1 heterocycles. The Hall–Kier alpha value is -3.89. The molecule has 31 heavy (non-hydrogen) atoms. The van der Waals surface area contributed by atoms with Crippen LogP contribution in [0.2, 0.25) is 0 Å². The fourth-order valence-corrected chi connectivity index (χ4v) is 3.90. The van der Waals surface area contributed by atoms with Crippen LogP contribution in [-0.2, 0) is 9.53 Å². The van der Waals surface area contributed by atoms with Crippen molar-refractivity contribution in [2.24, 2.45) is 0 Å². The SMILES string of the molecule is CCOC(=O)c1cc(-c2ccccc2)sc1NC(=O)/C(C#N)=C/c1ccccc1OC. The van der Waals surface area contributed by atoms with Crippen LogP contribution in [0.15, 0.2) is 66.2 Å². The summed E-state index contributed by atoms with van der Waals surface area (Å²) in [6.07, 6.45) is 1.45. The number of hydrogen-bond acceptors (Lipinski definition) is 6. The Bertz CT molecular complexity index is 1160. The molecule has 0 aliphatic rings. The summed E-state index contributed by atoms with van der Waals surface area (Å²) in [7, 11) is 1.52. The monoisotopic (exact) mass is 432 g/mol. The molecule has 0 aliphatic carbocycles. The van der Waals surface area contributed by atoms with E-state index in [1.54, 1.807) is 37.3 Å². The van der Waals surface area contributed by atoms with Crippen molar-refractivity contribution in [2.75, 3.05) is 19.0 Å². The number of benzene rings is 2. The predicted molar refractivity (Wildman–Crippen MR) is 121 cm³/mol. The van der Waals surface area contributed by atoms with Crippen molar-refractivity contribution in [1.82, 2.24) is 0 Å². The second-order valence-electron chi connectivity index (χ2n) is 6.31. The number of anilines is 1. The van der Waals surface area contributed by atoms with Gasteiger partial charge in [0.2, 0.25) is 0 Å². The summed E-state index contributed by atoms with van der Waals surface area (Å²) in [6, 6.07) is 20.2. The molecule has 0 aliphatic heterocycles. The Labute approximate surface area is 184 Å². The number of thiophene rings is 1. The van der Waals surface area contributed by atoms with E-state index in [0.29, 0.717) is 16.3 Å². The summed E-state index contributed by atoms with van der Waals surface area (Å²) < 4.78 is 10.4. The van der Waals surface area contributed by atoms with Gasteiger partial charge in [-0.25, -0.2) is 4.79 Å². The quantitative estimate of drug-likeness (QED) is 0.317. The Balaban J connectivity index is 1.95. The minimum atomic E-state index is -0.625. The minimum Gasteiger partial charge on any atom is -0.496 e. The standard InChI is InChI=1S/C24H20N2O4S/c1-3-30-24(28)19-14-21(16-9-5-4-6-10-16)31-23(19)26-22(27)18(15-25)13-17-11-7-8-12-20(17)29-2/h4-14H,3H2,1-2H3,(H,26,27)/b18-13+. The number of carbonyl (C=O) groups is 2. The summed E-state index contributed by atoms with van der Waals surface area (Å²) in [4.78, 5) is 26.1. The normalized spacial score (nSPS) is 10.8. The number of ether oxygens (including phenoxy) is 2. The molecule has 3 aromatic rings. The van der Waals surface area contributed by atoms with E-state index >= 15 is 0 Å². The third-order valence-electron chi connectivity index (χ3n) is 4.32. The number of nitriles is 1. The maximum atomic E-state index is 12.8. The number of hydrogen-bond donors (Lipinski definition) is 1. The molecule has 0 atom stereocenters. The van der Waals surface area contributed by atoms with E-state index in [2.05, 4.69) is 5.32 Å². The third-order valence-corrected chi connectivity index (χ3v) is 5.42. The van der Waals surface area contributed by atoms with Crippen LogP contribution in [0.1, 0.15) is 22.8 Å². The van der Waals surface area contributed by atoms with Gasteiger partial charge in [0.1, 0.15) is 22.4 Å². The lowest BCUT2D eigenvalue weighted by molar-refractivity contribution is -0.112. The molecule has 6 nitrogen and oxygen atoms in total. The highest BCUT2D eigenvalue weighted by Gasteiger charge is 2.21. The lowest BCUT2D eigenvalue weighted by atomic mass is 10.1. The van der Waals surface area contributed by atoms with E-state index in [9.17, 15) is 14.9 Å². The van der Waals surface area contributed by atoms with Gasteiger partial charge in [0.25, 0.3) is 5.91 Å². The van der Waals surface area contributed by atoms with E-state index in [1.165, 1.54) is 24.5 Å². The van der Waals surface area contributed by atoms with Gasteiger partial charge in [-0.1, -0.05) is 48.5 Å². The molecule has 7 heteroatoms. The van der Waals surface area contributed by atoms with Gasteiger partial charge in [-0.2, -0.15) is 5.26 Å². The van der Waals surface area contributed by atoms with Crippen LogP contribution in [-0.4, -0.2) is 25.6 Å². The van der Waals surface area contributed by atoms with Crippen molar-refractivity contribution in [2.45, 2.75) is 6.92 Å². The first-order chi connectivity index (χ1) is 15.1. The maximum Gasteiger partial charge on any atom is 0.341 e. The molecule has 0 unspecified atom stereocenters.